The third kappa shape index (κ3) is 5.92. The zero-order valence-electron chi connectivity index (χ0n) is 15.7. The Kier molecular flexibility index (Phi) is 6.94. The smallest absolute Gasteiger partial charge is 0.146 e. The molecule has 5 nitrogen and oxygen atoms in total. The van der Waals surface area contributed by atoms with Crippen molar-refractivity contribution in [3.8, 4) is 5.75 Å². The Morgan fingerprint density at radius 3 is 2.81 bits per heavy atom. The van der Waals surface area contributed by atoms with Crippen molar-refractivity contribution in [2.24, 2.45) is 5.16 Å². The second-order valence-electron chi connectivity index (χ2n) is 6.83. The van der Waals surface area contributed by atoms with E-state index in [4.69, 9.17) is 21.8 Å². The van der Waals surface area contributed by atoms with Gasteiger partial charge in [0.2, 0.25) is 0 Å². The topological polar surface area (TPSA) is 55.7 Å². The zero-order valence-corrected chi connectivity index (χ0v) is 18.1. The molecule has 1 aromatic heterocycles. The molecule has 7 heteroatoms. The summed E-state index contributed by atoms with van der Waals surface area (Å²) in [5, 5.41) is 8.33. The molecular weight excluding hydrogens is 414 g/mol. The van der Waals surface area contributed by atoms with Crippen LogP contribution in [0.3, 0.4) is 0 Å². The molecule has 0 saturated carbocycles. The summed E-state index contributed by atoms with van der Waals surface area (Å²) in [4.78, 5) is 9.83. The minimum atomic E-state index is -0.262. The van der Waals surface area contributed by atoms with E-state index < -0.39 is 0 Å². The van der Waals surface area contributed by atoms with Gasteiger partial charge in [0.1, 0.15) is 24.0 Å². The molecule has 0 amide bonds. The number of ether oxygens (including phenoxy) is 1. The SMILES string of the molecule is CON=C(C)CC(C)(C)NC(=S)C(C)Oc1ccc2ncc(Br)cc2c1. The molecule has 1 unspecified atom stereocenters. The quantitative estimate of drug-likeness (QED) is 0.380. The second kappa shape index (κ2) is 8.77. The first-order valence-electron chi connectivity index (χ1n) is 8.31. The maximum atomic E-state index is 6.02. The standard InChI is InChI=1S/C19H24BrN3O2S/c1-12(23-24-5)10-19(3,4)22-18(26)13(2)25-16-6-7-17-14(9-16)8-15(20)11-21-17/h6-9,11,13H,10H2,1-5H3,(H,22,26). The molecule has 1 atom stereocenters. The van der Waals surface area contributed by atoms with Gasteiger partial charge in [0.25, 0.3) is 0 Å². The average molecular weight is 438 g/mol. The lowest BCUT2D eigenvalue weighted by molar-refractivity contribution is 0.211. The van der Waals surface area contributed by atoms with E-state index in [9.17, 15) is 0 Å². The molecule has 0 fully saturated rings. The Morgan fingerprint density at radius 2 is 2.12 bits per heavy atom. The number of pyridine rings is 1. The molecule has 0 saturated heterocycles. The van der Waals surface area contributed by atoms with E-state index >= 15 is 0 Å². The number of fused-ring (bicyclic) bond motifs is 1. The molecule has 26 heavy (non-hydrogen) atoms. The Bertz CT molecular complexity index is 824. The number of thiocarbonyl (C=S) groups is 1. The number of hydrogen-bond donors (Lipinski definition) is 1. The van der Waals surface area contributed by atoms with Crippen LogP contribution in [0, 0.1) is 0 Å². The van der Waals surface area contributed by atoms with Crippen molar-refractivity contribution in [2.75, 3.05) is 7.11 Å². The molecule has 2 rings (SSSR count). The van der Waals surface area contributed by atoms with Crippen molar-refractivity contribution in [3.05, 3.63) is 34.9 Å². The monoisotopic (exact) mass is 437 g/mol. The third-order valence-electron chi connectivity index (χ3n) is 3.71. The van der Waals surface area contributed by atoms with Crippen molar-refractivity contribution in [1.82, 2.24) is 10.3 Å². The summed E-state index contributed by atoms with van der Waals surface area (Å²) < 4.78 is 6.95. The van der Waals surface area contributed by atoms with Gasteiger partial charge in [-0.2, -0.15) is 0 Å². The molecule has 0 bridgehead atoms. The van der Waals surface area contributed by atoms with Crippen LogP contribution in [0.1, 0.15) is 34.1 Å². The van der Waals surface area contributed by atoms with Gasteiger partial charge < -0.3 is 14.9 Å². The predicted octanol–water partition coefficient (Wildman–Crippen LogP) is 4.87. The molecule has 0 aliphatic rings. The molecule has 0 aliphatic carbocycles. The minimum absolute atomic E-state index is 0.251. The highest BCUT2D eigenvalue weighted by Crippen LogP contribution is 2.23. The normalized spacial score (nSPS) is 13.4. The molecule has 0 radical (unpaired) electrons. The number of rotatable bonds is 7. The molecule has 140 valence electrons. The fraction of sp³-hybridized carbons (Fsp3) is 0.421. The summed E-state index contributed by atoms with van der Waals surface area (Å²) in [6.45, 7) is 8.00. The number of oxime groups is 1. The maximum absolute atomic E-state index is 6.02. The number of nitrogens with zero attached hydrogens (tertiary/aromatic N) is 2. The van der Waals surface area contributed by atoms with Gasteiger partial charge in [0, 0.05) is 28.0 Å². The largest absolute Gasteiger partial charge is 0.484 e. The highest BCUT2D eigenvalue weighted by Gasteiger charge is 2.23. The van der Waals surface area contributed by atoms with E-state index in [0.29, 0.717) is 11.4 Å². The Morgan fingerprint density at radius 1 is 1.38 bits per heavy atom. The highest BCUT2D eigenvalue weighted by molar-refractivity contribution is 9.10. The van der Waals surface area contributed by atoms with E-state index in [-0.39, 0.29) is 11.6 Å². The summed E-state index contributed by atoms with van der Waals surface area (Å²) in [6, 6.07) is 7.82. The number of halogens is 1. The third-order valence-corrected chi connectivity index (χ3v) is 4.58. The fourth-order valence-corrected chi connectivity index (χ4v) is 3.39. The molecular formula is C19H24BrN3O2S. The van der Waals surface area contributed by atoms with Gasteiger partial charge in [-0.15, -0.1) is 0 Å². The number of aromatic nitrogens is 1. The summed E-state index contributed by atoms with van der Waals surface area (Å²) in [5.41, 5.74) is 1.57. The highest BCUT2D eigenvalue weighted by atomic mass is 79.9. The van der Waals surface area contributed by atoms with E-state index in [1.807, 2.05) is 38.1 Å². The lowest BCUT2D eigenvalue weighted by Crippen LogP contribution is -2.48. The first-order chi connectivity index (χ1) is 12.2. The molecule has 0 aliphatic heterocycles. The summed E-state index contributed by atoms with van der Waals surface area (Å²) in [5.74, 6) is 0.754. The second-order valence-corrected chi connectivity index (χ2v) is 8.18. The van der Waals surface area contributed by atoms with E-state index in [1.54, 1.807) is 13.3 Å². The van der Waals surface area contributed by atoms with Crippen LogP contribution in [0.25, 0.3) is 10.9 Å². The van der Waals surface area contributed by atoms with Crippen LogP contribution in [0.15, 0.2) is 40.1 Å². The van der Waals surface area contributed by atoms with Gasteiger partial charge in [-0.1, -0.05) is 17.4 Å². The van der Waals surface area contributed by atoms with Crippen LogP contribution in [0.5, 0.6) is 5.75 Å². The molecule has 1 aromatic carbocycles. The molecule has 2 aromatic rings. The van der Waals surface area contributed by atoms with Crippen LogP contribution in [-0.4, -0.2) is 34.4 Å². The first-order valence-corrected chi connectivity index (χ1v) is 9.51. The Labute approximate surface area is 168 Å². The van der Waals surface area contributed by atoms with Gasteiger partial charge in [-0.25, -0.2) is 0 Å². The van der Waals surface area contributed by atoms with Crippen LogP contribution < -0.4 is 10.1 Å². The molecule has 1 N–H and O–H groups in total. The number of benzene rings is 1. The Hall–Kier alpha value is -1.73. The summed E-state index contributed by atoms with van der Waals surface area (Å²) in [7, 11) is 1.54. The lowest BCUT2D eigenvalue weighted by Gasteiger charge is -2.29. The average Bonchev–Trinajstić information content (AvgIpc) is 2.53. The first kappa shape index (κ1) is 20.6. The summed E-state index contributed by atoms with van der Waals surface area (Å²) >= 11 is 8.97. The maximum Gasteiger partial charge on any atom is 0.146 e. The van der Waals surface area contributed by atoms with Crippen molar-refractivity contribution < 1.29 is 9.57 Å². The number of nitrogens with one attached hydrogen (secondary N) is 1. The molecule has 0 spiro atoms. The van der Waals surface area contributed by atoms with Crippen LogP contribution in [0.2, 0.25) is 0 Å². The molecule has 1 heterocycles. The Balaban J connectivity index is 2.03. The van der Waals surface area contributed by atoms with Gasteiger partial charge in [0.05, 0.1) is 11.2 Å². The van der Waals surface area contributed by atoms with Crippen LogP contribution in [0.4, 0.5) is 0 Å². The van der Waals surface area contributed by atoms with Gasteiger partial charge >= 0.3 is 0 Å². The minimum Gasteiger partial charge on any atom is -0.484 e. The lowest BCUT2D eigenvalue weighted by atomic mass is 9.97. The summed E-state index contributed by atoms with van der Waals surface area (Å²) in [6.07, 6.45) is 2.23. The number of hydrogen-bond acceptors (Lipinski definition) is 5. The van der Waals surface area contributed by atoms with Crippen molar-refractivity contribution >= 4 is 49.8 Å². The van der Waals surface area contributed by atoms with Gasteiger partial charge in [-0.05, 0) is 67.9 Å². The van der Waals surface area contributed by atoms with E-state index in [1.165, 1.54) is 0 Å². The van der Waals surface area contributed by atoms with Crippen LogP contribution in [-0.2, 0) is 4.84 Å². The van der Waals surface area contributed by atoms with Gasteiger partial charge in [0.15, 0.2) is 0 Å². The van der Waals surface area contributed by atoms with E-state index in [0.717, 1.165) is 26.8 Å². The zero-order chi connectivity index (χ0) is 19.3. The fourth-order valence-electron chi connectivity index (χ4n) is 2.72. The van der Waals surface area contributed by atoms with Crippen molar-refractivity contribution in [1.29, 1.82) is 0 Å². The predicted molar refractivity (Wildman–Crippen MR) is 114 cm³/mol. The van der Waals surface area contributed by atoms with E-state index in [2.05, 4.69) is 45.2 Å². The van der Waals surface area contributed by atoms with Gasteiger partial charge in [-0.3, -0.25) is 4.98 Å². The van der Waals surface area contributed by atoms with Crippen LogP contribution >= 0.6 is 28.1 Å². The van der Waals surface area contributed by atoms with Crippen molar-refractivity contribution in [2.45, 2.75) is 45.8 Å². The van der Waals surface area contributed by atoms with Crippen molar-refractivity contribution in [3.63, 3.8) is 0 Å².